The molecule has 1 aliphatic heterocycles. The third kappa shape index (κ3) is 6.14. The fourth-order valence-electron chi connectivity index (χ4n) is 5.67. The maximum absolute atomic E-state index is 13.8. The SMILES string of the molecule is O=C(O)c1ccn(-c2cccc(-c3ccccc3OCc3ccc(C4CCN(C(=O)C5CC5)CC4)cc3)n2)c1C(F)(F)F. The van der Waals surface area contributed by atoms with Crippen molar-refractivity contribution in [3.63, 3.8) is 0 Å². The summed E-state index contributed by atoms with van der Waals surface area (Å²) in [5.74, 6) is -0.225. The van der Waals surface area contributed by atoms with Crippen LogP contribution in [0.3, 0.4) is 0 Å². The molecule has 2 aromatic heterocycles. The molecule has 0 atom stereocenters. The zero-order valence-corrected chi connectivity index (χ0v) is 23.3. The Labute approximate surface area is 246 Å². The highest BCUT2D eigenvalue weighted by Crippen LogP contribution is 2.37. The molecule has 6 rings (SSSR count). The number of aromatic carboxylic acids is 1. The molecule has 0 radical (unpaired) electrons. The fraction of sp³-hybridized carbons (Fsp3) is 0.303. The standard InChI is InChI=1S/C33H30F3N3O4/c34-33(35,36)30-26(32(41)42)16-19-39(30)29-7-3-5-27(37-29)25-4-1-2-6-28(25)43-20-21-8-10-22(11-9-21)23-14-17-38(18-15-23)31(40)24-12-13-24/h1-11,16,19,23-24H,12-15,17-18,20H2,(H,41,42). The number of nitrogens with zero attached hydrogens (tertiary/aromatic N) is 3. The third-order valence-electron chi connectivity index (χ3n) is 8.11. The molecule has 2 aromatic carbocycles. The minimum absolute atomic E-state index is 0.0644. The molecule has 1 aliphatic carbocycles. The van der Waals surface area contributed by atoms with Crippen LogP contribution in [-0.2, 0) is 17.6 Å². The molecule has 0 unspecified atom stereocenters. The van der Waals surface area contributed by atoms with Gasteiger partial charge >= 0.3 is 12.1 Å². The van der Waals surface area contributed by atoms with Crippen molar-refractivity contribution >= 4 is 11.9 Å². The zero-order chi connectivity index (χ0) is 30.1. The van der Waals surface area contributed by atoms with Crippen LogP contribution in [0.2, 0.25) is 0 Å². The Kier molecular flexibility index (Phi) is 7.68. The van der Waals surface area contributed by atoms with Crippen molar-refractivity contribution in [3.05, 3.63) is 101 Å². The van der Waals surface area contributed by atoms with E-state index < -0.39 is 23.4 Å². The summed E-state index contributed by atoms with van der Waals surface area (Å²) < 4.78 is 48.3. The van der Waals surface area contributed by atoms with Gasteiger partial charge < -0.3 is 14.7 Å². The Hall–Kier alpha value is -4.60. The Morgan fingerprint density at radius 2 is 1.63 bits per heavy atom. The summed E-state index contributed by atoms with van der Waals surface area (Å²) in [5.41, 5.74) is 1.04. The van der Waals surface area contributed by atoms with Crippen molar-refractivity contribution in [1.29, 1.82) is 0 Å². The van der Waals surface area contributed by atoms with Crippen LogP contribution in [0.15, 0.2) is 79.0 Å². The van der Waals surface area contributed by atoms with E-state index >= 15 is 0 Å². The molecule has 2 fully saturated rings. The Morgan fingerprint density at radius 1 is 0.907 bits per heavy atom. The summed E-state index contributed by atoms with van der Waals surface area (Å²) in [6.07, 6.45) is 0.139. The predicted molar refractivity (Wildman–Crippen MR) is 153 cm³/mol. The molecule has 7 nitrogen and oxygen atoms in total. The van der Waals surface area contributed by atoms with Crippen molar-refractivity contribution in [3.8, 4) is 22.8 Å². The maximum atomic E-state index is 13.8. The van der Waals surface area contributed by atoms with Crippen molar-refractivity contribution in [2.45, 2.75) is 44.4 Å². The summed E-state index contributed by atoms with van der Waals surface area (Å²) in [5, 5.41) is 9.28. The number of alkyl halides is 3. The Balaban J connectivity index is 1.15. The number of carboxylic acid groups (broad SMARTS) is 1. The van der Waals surface area contributed by atoms with Gasteiger partial charge in [-0.1, -0.05) is 42.5 Å². The van der Waals surface area contributed by atoms with Gasteiger partial charge in [-0.15, -0.1) is 0 Å². The van der Waals surface area contributed by atoms with Gasteiger partial charge in [0.05, 0.1) is 11.3 Å². The number of ether oxygens (including phenoxy) is 1. The van der Waals surface area contributed by atoms with Crippen LogP contribution in [0.4, 0.5) is 13.2 Å². The molecule has 4 aromatic rings. The predicted octanol–water partition coefficient (Wildman–Crippen LogP) is 6.95. The van der Waals surface area contributed by atoms with E-state index in [1.54, 1.807) is 36.4 Å². The number of pyridine rings is 1. The number of amides is 1. The van der Waals surface area contributed by atoms with Gasteiger partial charge in [-0.05, 0) is 73.1 Å². The highest BCUT2D eigenvalue weighted by molar-refractivity contribution is 5.89. The summed E-state index contributed by atoms with van der Waals surface area (Å²) in [6.45, 7) is 1.89. The van der Waals surface area contributed by atoms with Crippen molar-refractivity contribution in [1.82, 2.24) is 14.5 Å². The minimum Gasteiger partial charge on any atom is -0.488 e. The number of hydrogen-bond acceptors (Lipinski definition) is 4. The summed E-state index contributed by atoms with van der Waals surface area (Å²) in [7, 11) is 0. The lowest BCUT2D eigenvalue weighted by Gasteiger charge is -2.32. The minimum atomic E-state index is -4.89. The second-order valence-electron chi connectivity index (χ2n) is 11.0. The average Bonchev–Trinajstić information content (AvgIpc) is 3.76. The third-order valence-corrected chi connectivity index (χ3v) is 8.11. The molecule has 2 aliphatic rings. The second kappa shape index (κ2) is 11.6. The number of carbonyl (C=O) groups excluding carboxylic acids is 1. The molecule has 10 heteroatoms. The van der Waals surface area contributed by atoms with Gasteiger partial charge in [0.1, 0.15) is 23.9 Å². The van der Waals surface area contributed by atoms with Gasteiger partial charge in [-0.2, -0.15) is 13.2 Å². The molecule has 0 bridgehead atoms. The fourth-order valence-corrected chi connectivity index (χ4v) is 5.67. The largest absolute Gasteiger partial charge is 0.488 e. The molecule has 1 N–H and O–H groups in total. The number of benzene rings is 2. The number of hydrogen-bond donors (Lipinski definition) is 1. The van der Waals surface area contributed by atoms with E-state index in [1.807, 2.05) is 17.0 Å². The van der Waals surface area contributed by atoms with E-state index in [2.05, 4.69) is 17.1 Å². The van der Waals surface area contributed by atoms with E-state index in [0.29, 0.717) is 28.8 Å². The number of carbonyl (C=O) groups is 2. The summed E-state index contributed by atoms with van der Waals surface area (Å²) >= 11 is 0. The number of para-hydroxylation sites is 1. The number of likely N-dealkylation sites (tertiary alicyclic amines) is 1. The van der Waals surface area contributed by atoms with E-state index in [0.717, 1.165) is 61.2 Å². The molecular formula is C33H30F3N3O4. The van der Waals surface area contributed by atoms with E-state index in [1.165, 1.54) is 11.6 Å². The molecule has 0 spiro atoms. The number of aromatic nitrogens is 2. The van der Waals surface area contributed by atoms with Crippen LogP contribution in [0.5, 0.6) is 5.75 Å². The normalized spacial score (nSPS) is 15.8. The van der Waals surface area contributed by atoms with E-state index in [9.17, 15) is 27.9 Å². The van der Waals surface area contributed by atoms with Crippen LogP contribution in [-0.4, -0.2) is 44.5 Å². The van der Waals surface area contributed by atoms with Crippen LogP contribution in [0, 0.1) is 5.92 Å². The lowest BCUT2D eigenvalue weighted by Crippen LogP contribution is -2.38. The lowest BCUT2D eigenvalue weighted by atomic mass is 9.89. The number of halogens is 3. The molecule has 1 amide bonds. The summed E-state index contributed by atoms with van der Waals surface area (Å²) in [4.78, 5) is 30.2. The van der Waals surface area contributed by atoms with Crippen LogP contribution in [0.25, 0.3) is 17.1 Å². The van der Waals surface area contributed by atoms with Gasteiger partial charge in [0.25, 0.3) is 0 Å². The second-order valence-corrected chi connectivity index (χ2v) is 11.0. The number of rotatable bonds is 8. The Morgan fingerprint density at radius 3 is 2.30 bits per heavy atom. The molecule has 1 saturated heterocycles. The van der Waals surface area contributed by atoms with Gasteiger partial charge in [-0.3, -0.25) is 9.36 Å². The first kappa shape index (κ1) is 28.5. The topological polar surface area (TPSA) is 84.7 Å². The molecule has 43 heavy (non-hydrogen) atoms. The van der Waals surface area contributed by atoms with Gasteiger partial charge in [-0.25, -0.2) is 9.78 Å². The van der Waals surface area contributed by atoms with Crippen LogP contribution in [0.1, 0.15) is 58.8 Å². The quantitative estimate of drug-likeness (QED) is 0.240. The molecule has 1 saturated carbocycles. The monoisotopic (exact) mass is 589 g/mol. The van der Waals surface area contributed by atoms with Gasteiger partial charge in [0, 0.05) is 30.8 Å². The smallest absolute Gasteiger partial charge is 0.432 e. The van der Waals surface area contributed by atoms with Crippen molar-refractivity contribution in [2.24, 2.45) is 5.92 Å². The molecule has 222 valence electrons. The first-order valence-electron chi connectivity index (χ1n) is 14.3. The zero-order valence-electron chi connectivity index (χ0n) is 23.3. The maximum Gasteiger partial charge on any atom is 0.432 e. The van der Waals surface area contributed by atoms with E-state index in [4.69, 9.17) is 4.74 Å². The number of piperidine rings is 1. The van der Waals surface area contributed by atoms with E-state index in [-0.39, 0.29) is 18.3 Å². The van der Waals surface area contributed by atoms with Crippen LogP contribution >= 0.6 is 0 Å². The average molecular weight is 590 g/mol. The van der Waals surface area contributed by atoms with Gasteiger partial charge in [0.2, 0.25) is 5.91 Å². The highest BCUT2D eigenvalue weighted by Gasteiger charge is 2.40. The highest BCUT2D eigenvalue weighted by atomic mass is 19.4. The van der Waals surface area contributed by atoms with Crippen molar-refractivity contribution in [2.75, 3.05) is 13.1 Å². The van der Waals surface area contributed by atoms with Crippen LogP contribution < -0.4 is 4.74 Å². The van der Waals surface area contributed by atoms with Gasteiger partial charge in [0.15, 0.2) is 0 Å². The first-order valence-corrected chi connectivity index (χ1v) is 14.3. The van der Waals surface area contributed by atoms with Crippen molar-refractivity contribution < 1.29 is 32.6 Å². The molecular weight excluding hydrogens is 559 g/mol. The lowest BCUT2D eigenvalue weighted by molar-refractivity contribution is -0.142. The Bertz CT molecular complexity index is 1640. The number of carboxylic acids is 1. The first-order chi connectivity index (χ1) is 20.7. The summed E-state index contributed by atoms with van der Waals surface area (Å²) in [6, 6.07) is 21.0. The molecule has 3 heterocycles.